The Labute approximate surface area is 161 Å². The van der Waals surface area contributed by atoms with Crippen LogP contribution < -0.4 is 10.1 Å². The molecule has 0 atom stereocenters. The Kier molecular flexibility index (Phi) is 4.65. The number of thiazole rings is 1. The summed E-state index contributed by atoms with van der Waals surface area (Å²) in [5, 5.41) is 14.3. The van der Waals surface area contributed by atoms with Crippen molar-refractivity contribution in [3.05, 3.63) is 45.6 Å². The zero-order valence-corrected chi connectivity index (χ0v) is 16.2. The van der Waals surface area contributed by atoms with Crippen LogP contribution >= 0.6 is 11.3 Å². The van der Waals surface area contributed by atoms with Crippen molar-refractivity contribution in [1.82, 2.24) is 10.3 Å². The van der Waals surface area contributed by atoms with Gasteiger partial charge in [0.05, 0.1) is 27.6 Å². The van der Waals surface area contributed by atoms with Gasteiger partial charge in [-0.3, -0.25) is 4.79 Å². The highest BCUT2D eigenvalue weighted by Gasteiger charge is 2.38. The molecule has 27 heavy (non-hydrogen) atoms. The molecular formula is C20H22N2O4S. The van der Waals surface area contributed by atoms with Crippen LogP contribution in [0.1, 0.15) is 45.3 Å². The second-order valence-electron chi connectivity index (χ2n) is 7.07. The smallest absolute Gasteiger partial charge is 0.255 e. The average Bonchev–Trinajstić information content (AvgIpc) is 3.17. The van der Waals surface area contributed by atoms with E-state index in [1.165, 1.54) is 0 Å². The molecule has 1 aliphatic rings. The van der Waals surface area contributed by atoms with Gasteiger partial charge in [-0.15, -0.1) is 11.3 Å². The fraction of sp³-hybridized carbons (Fsp3) is 0.400. The van der Waals surface area contributed by atoms with E-state index in [2.05, 4.69) is 10.3 Å². The van der Waals surface area contributed by atoms with Crippen molar-refractivity contribution >= 4 is 28.2 Å². The Morgan fingerprint density at radius 3 is 2.85 bits per heavy atom. The van der Waals surface area contributed by atoms with E-state index in [4.69, 9.17) is 9.15 Å². The molecule has 4 rings (SSSR count). The van der Waals surface area contributed by atoms with E-state index in [1.807, 2.05) is 31.3 Å². The Balaban J connectivity index is 1.58. The van der Waals surface area contributed by atoms with Gasteiger partial charge in [0.1, 0.15) is 23.7 Å². The van der Waals surface area contributed by atoms with Crippen LogP contribution in [0.2, 0.25) is 0 Å². The summed E-state index contributed by atoms with van der Waals surface area (Å²) in [5.74, 6) is 1.02. The molecule has 1 fully saturated rings. The maximum Gasteiger partial charge on any atom is 0.255 e. The number of aliphatic hydroxyl groups excluding tert-OH is 1. The molecule has 7 heteroatoms. The standard InChI is InChI=1S/C20H22N2O4S/c1-12-18(19(24)22-20(11-23)6-3-7-20)16-8-14(4-5-17(16)26-12)25-10-15-9-21-13(2)27-15/h4-5,8-9,23H,3,6-7,10-11H2,1-2H3,(H,22,24). The topological polar surface area (TPSA) is 84.6 Å². The summed E-state index contributed by atoms with van der Waals surface area (Å²) in [6, 6.07) is 5.49. The minimum atomic E-state index is -0.495. The number of hydrogen-bond donors (Lipinski definition) is 2. The number of furan rings is 1. The van der Waals surface area contributed by atoms with Gasteiger partial charge in [-0.2, -0.15) is 0 Å². The zero-order chi connectivity index (χ0) is 19.0. The van der Waals surface area contributed by atoms with E-state index < -0.39 is 5.54 Å². The predicted molar refractivity (Wildman–Crippen MR) is 103 cm³/mol. The second kappa shape index (κ2) is 6.98. The first kappa shape index (κ1) is 18.0. The summed E-state index contributed by atoms with van der Waals surface area (Å²) in [5.41, 5.74) is 0.653. The van der Waals surface area contributed by atoms with Crippen molar-refractivity contribution in [3.8, 4) is 5.75 Å². The quantitative estimate of drug-likeness (QED) is 0.674. The molecule has 1 aromatic carbocycles. The molecule has 0 radical (unpaired) electrons. The van der Waals surface area contributed by atoms with Gasteiger partial charge >= 0.3 is 0 Å². The molecular weight excluding hydrogens is 364 g/mol. The summed E-state index contributed by atoms with van der Waals surface area (Å²) < 4.78 is 11.6. The Morgan fingerprint density at radius 2 is 2.22 bits per heavy atom. The van der Waals surface area contributed by atoms with Crippen LogP contribution in [0.25, 0.3) is 11.0 Å². The Bertz CT molecular complexity index is 982. The highest BCUT2D eigenvalue weighted by atomic mass is 32.1. The van der Waals surface area contributed by atoms with E-state index in [9.17, 15) is 9.90 Å². The van der Waals surface area contributed by atoms with Crippen molar-refractivity contribution in [2.24, 2.45) is 0 Å². The summed E-state index contributed by atoms with van der Waals surface area (Å²) in [7, 11) is 0. The predicted octanol–water partition coefficient (Wildman–Crippen LogP) is 3.73. The molecule has 1 aliphatic carbocycles. The van der Waals surface area contributed by atoms with Crippen molar-refractivity contribution in [2.45, 2.75) is 45.3 Å². The first-order valence-electron chi connectivity index (χ1n) is 9.00. The minimum absolute atomic E-state index is 0.0454. The third-order valence-electron chi connectivity index (χ3n) is 5.10. The maximum atomic E-state index is 12.9. The second-order valence-corrected chi connectivity index (χ2v) is 8.39. The number of amides is 1. The van der Waals surface area contributed by atoms with Gasteiger partial charge in [0.2, 0.25) is 0 Å². The maximum absolute atomic E-state index is 12.9. The van der Waals surface area contributed by atoms with Gasteiger partial charge in [0, 0.05) is 11.6 Å². The van der Waals surface area contributed by atoms with E-state index in [0.29, 0.717) is 29.3 Å². The number of aromatic nitrogens is 1. The van der Waals surface area contributed by atoms with Crippen LogP contribution in [0.4, 0.5) is 0 Å². The molecule has 0 spiro atoms. The van der Waals surface area contributed by atoms with Crippen LogP contribution in [0.15, 0.2) is 28.8 Å². The molecule has 1 saturated carbocycles. The van der Waals surface area contributed by atoms with E-state index in [1.54, 1.807) is 18.3 Å². The number of rotatable bonds is 6. The fourth-order valence-electron chi connectivity index (χ4n) is 3.43. The lowest BCUT2D eigenvalue weighted by molar-refractivity contribution is 0.0641. The van der Waals surface area contributed by atoms with E-state index in [-0.39, 0.29) is 12.5 Å². The molecule has 2 heterocycles. The van der Waals surface area contributed by atoms with E-state index >= 15 is 0 Å². The number of nitrogens with zero attached hydrogens (tertiary/aromatic N) is 1. The Hall–Kier alpha value is -2.38. The monoisotopic (exact) mass is 386 g/mol. The normalized spacial score (nSPS) is 15.5. The van der Waals surface area contributed by atoms with Gasteiger partial charge in [-0.1, -0.05) is 0 Å². The number of nitrogens with one attached hydrogen (secondary N) is 1. The first-order valence-corrected chi connectivity index (χ1v) is 9.82. The van der Waals surface area contributed by atoms with Gasteiger partial charge in [0.25, 0.3) is 5.91 Å². The van der Waals surface area contributed by atoms with Gasteiger partial charge in [-0.05, 0) is 51.3 Å². The molecule has 2 N–H and O–H groups in total. The number of carbonyl (C=O) groups is 1. The number of ether oxygens (including phenoxy) is 1. The van der Waals surface area contributed by atoms with Gasteiger partial charge in [-0.25, -0.2) is 4.98 Å². The van der Waals surface area contributed by atoms with Crippen LogP contribution in [-0.4, -0.2) is 28.1 Å². The third-order valence-corrected chi connectivity index (χ3v) is 5.99. The SMILES string of the molecule is Cc1ncc(COc2ccc3oc(C)c(C(=O)NC4(CO)CCC4)c3c2)s1. The van der Waals surface area contributed by atoms with Crippen LogP contribution in [0, 0.1) is 13.8 Å². The number of hydrogen-bond acceptors (Lipinski definition) is 6. The Morgan fingerprint density at radius 1 is 1.41 bits per heavy atom. The van der Waals surface area contributed by atoms with Crippen molar-refractivity contribution in [2.75, 3.05) is 6.61 Å². The summed E-state index contributed by atoms with van der Waals surface area (Å²) in [4.78, 5) is 18.1. The average molecular weight is 386 g/mol. The number of carbonyl (C=O) groups excluding carboxylic acids is 1. The summed E-state index contributed by atoms with van der Waals surface area (Å²) in [6.45, 7) is 4.13. The zero-order valence-electron chi connectivity index (χ0n) is 15.4. The lowest BCUT2D eigenvalue weighted by Crippen LogP contribution is -2.56. The van der Waals surface area contributed by atoms with Crippen LogP contribution in [-0.2, 0) is 6.61 Å². The molecule has 0 unspecified atom stereocenters. The number of aliphatic hydroxyl groups is 1. The molecule has 142 valence electrons. The van der Waals surface area contributed by atoms with Crippen molar-refractivity contribution in [1.29, 1.82) is 0 Å². The number of aryl methyl sites for hydroxylation is 2. The first-order chi connectivity index (χ1) is 13.0. The molecule has 3 aromatic rings. The summed E-state index contributed by atoms with van der Waals surface area (Å²) in [6.07, 6.45) is 4.42. The highest BCUT2D eigenvalue weighted by Crippen LogP contribution is 2.34. The van der Waals surface area contributed by atoms with Crippen molar-refractivity contribution in [3.63, 3.8) is 0 Å². The lowest BCUT2D eigenvalue weighted by Gasteiger charge is -2.40. The molecule has 1 amide bonds. The van der Waals surface area contributed by atoms with Gasteiger partial charge in [0.15, 0.2) is 0 Å². The molecule has 0 bridgehead atoms. The van der Waals surface area contributed by atoms with Crippen LogP contribution in [0.3, 0.4) is 0 Å². The fourth-order valence-corrected chi connectivity index (χ4v) is 4.14. The molecule has 2 aromatic heterocycles. The minimum Gasteiger partial charge on any atom is -0.488 e. The lowest BCUT2D eigenvalue weighted by atomic mass is 9.77. The number of benzene rings is 1. The largest absolute Gasteiger partial charge is 0.488 e. The molecule has 6 nitrogen and oxygen atoms in total. The molecule has 0 aliphatic heterocycles. The van der Waals surface area contributed by atoms with Gasteiger partial charge < -0.3 is 19.6 Å². The van der Waals surface area contributed by atoms with Crippen LogP contribution in [0.5, 0.6) is 5.75 Å². The number of fused-ring (bicyclic) bond motifs is 1. The highest BCUT2D eigenvalue weighted by molar-refractivity contribution is 7.11. The van der Waals surface area contributed by atoms with Crippen molar-refractivity contribution < 1.29 is 19.1 Å². The third kappa shape index (κ3) is 3.44. The molecule has 0 saturated heterocycles. The summed E-state index contributed by atoms with van der Waals surface area (Å²) >= 11 is 1.60. The van der Waals surface area contributed by atoms with E-state index in [0.717, 1.165) is 34.5 Å².